The minimum Gasteiger partial charge on any atom is -0.464 e. The van der Waals surface area contributed by atoms with Gasteiger partial charge < -0.3 is 20.1 Å². The van der Waals surface area contributed by atoms with Gasteiger partial charge in [0.2, 0.25) is 5.91 Å². The molecular formula is C29H36N2O4. The van der Waals surface area contributed by atoms with Crippen LogP contribution < -0.4 is 15.4 Å². The van der Waals surface area contributed by atoms with Crippen molar-refractivity contribution in [1.82, 2.24) is 5.32 Å². The van der Waals surface area contributed by atoms with Crippen LogP contribution in [0.1, 0.15) is 51.9 Å². The summed E-state index contributed by atoms with van der Waals surface area (Å²) in [6.45, 7) is 11.3. The predicted molar refractivity (Wildman–Crippen MR) is 143 cm³/mol. The lowest BCUT2D eigenvalue weighted by molar-refractivity contribution is -0.118. The lowest BCUT2D eigenvalue weighted by atomic mass is 10.2. The van der Waals surface area contributed by atoms with Crippen molar-refractivity contribution in [1.29, 1.82) is 0 Å². The van der Waals surface area contributed by atoms with Gasteiger partial charge in [0, 0.05) is 30.3 Å². The summed E-state index contributed by atoms with van der Waals surface area (Å²) in [5, 5.41) is 5.60. The maximum Gasteiger partial charge on any atom is 0.255 e. The Kier molecular flexibility index (Phi) is 13.7. The zero-order valence-electron chi connectivity index (χ0n) is 21.4. The Bertz CT molecular complexity index is 1070. The standard InChI is InChI=1S/C27H30N2O4.C2H6/c1-5-7-15-26(19-28-21(4)30)32-20(3)17-24(6-2)33-25-16-11-14-23(18-25)29-27(31)22-12-9-8-10-13-22;1-2/h5-18H,19H2,1-4H3,(H,28,30)(H,29,31);1-2H3/b7-5-,20-17+,24-6+,26-15+;. The molecule has 6 heteroatoms. The van der Waals surface area contributed by atoms with E-state index in [2.05, 4.69) is 10.6 Å². The highest BCUT2D eigenvalue weighted by molar-refractivity contribution is 6.04. The minimum absolute atomic E-state index is 0.136. The molecule has 0 bridgehead atoms. The number of hydrogen-bond donors (Lipinski definition) is 2. The molecular weight excluding hydrogens is 440 g/mol. The van der Waals surface area contributed by atoms with Gasteiger partial charge in [0.1, 0.15) is 23.0 Å². The van der Waals surface area contributed by atoms with Crippen LogP contribution in [0.25, 0.3) is 0 Å². The number of amides is 2. The average Bonchev–Trinajstić information content (AvgIpc) is 2.87. The zero-order chi connectivity index (χ0) is 26.1. The van der Waals surface area contributed by atoms with Crippen molar-refractivity contribution in [3.63, 3.8) is 0 Å². The highest BCUT2D eigenvalue weighted by Crippen LogP contribution is 2.21. The van der Waals surface area contributed by atoms with Crippen LogP contribution in [0.3, 0.4) is 0 Å². The lowest BCUT2D eigenvalue weighted by Gasteiger charge is -2.13. The molecule has 0 atom stereocenters. The Morgan fingerprint density at radius 3 is 2.31 bits per heavy atom. The predicted octanol–water partition coefficient (Wildman–Crippen LogP) is 6.76. The summed E-state index contributed by atoms with van der Waals surface area (Å²) in [5.74, 6) is 2.01. The third-order valence-corrected chi connectivity index (χ3v) is 4.27. The number of benzene rings is 2. The van der Waals surface area contributed by atoms with E-state index in [4.69, 9.17) is 9.47 Å². The topological polar surface area (TPSA) is 76.7 Å². The van der Waals surface area contributed by atoms with E-state index in [9.17, 15) is 9.59 Å². The van der Waals surface area contributed by atoms with Gasteiger partial charge >= 0.3 is 0 Å². The molecule has 2 rings (SSSR count). The molecule has 2 aromatic carbocycles. The normalized spacial score (nSPS) is 11.9. The molecule has 2 N–H and O–H groups in total. The fourth-order valence-electron chi connectivity index (χ4n) is 2.72. The van der Waals surface area contributed by atoms with Crippen LogP contribution in [0.15, 0.2) is 102 Å². The summed E-state index contributed by atoms with van der Waals surface area (Å²) in [6, 6.07) is 16.2. The Labute approximate surface area is 209 Å². The fraction of sp³-hybridized carbons (Fsp3) is 0.241. The molecule has 0 heterocycles. The molecule has 0 spiro atoms. The van der Waals surface area contributed by atoms with Gasteiger partial charge in [-0.15, -0.1) is 0 Å². The number of ether oxygens (including phenoxy) is 2. The number of allylic oxidation sites excluding steroid dienone is 6. The minimum atomic E-state index is -0.192. The molecule has 0 saturated carbocycles. The van der Waals surface area contributed by atoms with E-state index in [0.29, 0.717) is 34.3 Å². The molecule has 0 unspecified atom stereocenters. The zero-order valence-corrected chi connectivity index (χ0v) is 21.4. The van der Waals surface area contributed by atoms with E-state index in [0.717, 1.165) is 0 Å². The Morgan fingerprint density at radius 2 is 1.69 bits per heavy atom. The summed E-state index contributed by atoms with van der Waals surface area (Å²) in [5.41, 5.74) is 1.20. The number of rotatable bonds is 10. The summed E-state index contributed by atoms with van der Waals surface area (Å²) >= 11 is 0. The summed E-state index contributed by atoms with van der Waals surface area (Å²) in [4.78, 5) is 23.6. The smallest absolute Gasteiger partial charge is 0.255 e. The van der Waals surface area contributed by atoms with E-state index in [-0.39, 0.29) is 18.4 Å². The second kappa shape index (κ2) is 16.5. The van der Waals surface area contributed by atoms with E-state index in [1.807, 2.05) is 70.2 Å². The van der Waals surface area contributed by atoms with Crippen LogP contribution in [-0.4, -0.2) is 18.4 Å². The summed E-state index contributed by atoms with van der Waals surface area (Å²) in [6.07, 6.45) is 9.08. The number of nitrogens with one attached hydrogen (secondary N) is 2. The van der Waals surface area contributed by atoms with Crippen molar-refractivity contribution in [2.75, 3.05) is 11.9 Å². The first-order chi connectivity index (χ1) is 16.9. The first-order valence-corrected chi connectivity index (χ1v) is 11.6. The van der Waals surface area contributed by atoms with Gasteiger partial charge in [0.25, 0.3) is 5.91 Å². The monoisotopic (exact) mass is 476 g/mol. The van der Waals surface area contributed by atoms with Gasteiger partial charge in [0.15, 0.2) is 0 Å². The molecule has 0 aliphatic rings. The van der Waals surface area contributed by atoms with Crippen LogP contribution in [0.2, 0.25) is 0 Å². The van der Waals surface area contributed by atoms with E-state index in [1.54, 1.807) is 49.4 Å². The van der Waals surface area contributed by atoms with Crippen LogP contribution >= 0.6 is 0 Å². The van der Waals surface area contributed by atoms with Crippen molar-refractivity contribution < 1.29 is 19.1 Å². The van der Waals surface area contributed by atoms with Gasteiger partial charge in [-0.2, -0.15) is 0 Å². The Balaban J connectivity index is 0.00000298. The van der Waals surface area contributed by atoms with Crippen LogP contribution in [0.5, 0.6) is 5.75 Å². The Hall–Kier alpha value is -4.06. The van der Waals surface area contributed by atoms with Gasteiger partial charge in [0.05, 0.1) is 6.54 Å². The van der Waals surface area contributed by atoms with Crippen molar-refractivity contribution in [2.45, 2.75) is 41.5 Å². The highest BCUT2D eigenvalue weighted by Gasteiger charge is 2.07. The van der Waals surface area contributed by atoms with Crippen LogP contribution in [0, 0.1) is 0 Å². The fourth-order valence-corrected chi connectivity index (χ4v) is 2.72. The number of carbonyl (C=O) groups excluding carboxylic acids is 2. The summed E-state index contributed by atoms with van der Waals surface area (Å²) in [7, 11) is 0. The quantitative estimate of drug-likeness (QED) is 0.293. The van der Waals surface area contributed by atoms with Gasteiger partial charge in [-0.05, 0) is 57.2 Å². The molecule has 0 saturated heterocycles. The van der Waals surface area contributed by atoms with Crippen LogP contribution in [0.4, 0.5) is 5.69 Å². The number of hydrogen-bond acceptors (Lipinski definition) is 4. The first kappa shape index (κ1) is 29.0. The molecule has 0 aliphatic heterocycles. The lowest BCUT2D eigenvalue weighted by Crippen LogP contribution is -2.23. The third kappa shape index (κ3) is 11.6. The summed E-state index contributed by atoms with van der Waals surface area (Å²) < 4.78 is 11.9. The molecule has 2 amide bonds. The van der Waals surface area contributed by atoms with E-state index in [1.165, 1.54) is 6.92 Å². The van der Waals surface area contributed by atoms with Gasteiger partial charge in [-0.3, -0.25) is 9.59 Å². The molecule has 2 aromatic rings. The molecule has 0 radical (unpaired) electrons. The maximum absolute atomic E-state index is 12.4. The highest BCUT2D eigenvalue weighted by atomic mass is 16.5. The average molecular weight is 477 g/mol. The molecule has 6 nitrogen and oxygen atoms in total. The molecule has 35 heavy (non-hydrogen) atoms. The second-order valence-corrected chi connectivity index (χ2v) is 7.07. The van der Waals surface area contributed by atoms with Gasteiger partial charge in [-0.1, -0.05) is 50.3 Å². The third-order valence-electron chi connectivity index (χ3n) is 4.27. The number of carbonyl (C=O) groups is 2. The van der Waals surface area contributed by atoms with Crippen molar-refractivity contribution in [2.24, 2.45) is 0 Å². The largest absolute Gasteiger partial charge is 0.464 e. The molecule has 186 valence electrons. The Morgan fingerprint density at radius 1 is 0.971 bits per heavy atom. The van der Waals surface area contributed by atoms with Crippen molar-refractivity contribution >= 4 is 17.5 Å². The van der Waals surface area contributed by atoms with E-state index >= 15 is 0 Å². The van der Waals surface area contributed by atoms with E-state index < -0.39 is 0 Å². The number of anilines is 1. The van der Waals surface area contributed by atoms with Crippen molar-refractivity contribution in [3.05, 3.63) is 108 Å². The van der Waals surface area contributed by atoms with Gasteiger partial charge in [-0.25, -0.2) is 0 Å². The molecule has 0 aromatic heterocycles. The maximum atomic E-state index is 12.4. The molecule has 0 aliphatic carbocycles. The van der Waals surface area contributed by atoms with Crippen LogP contribution in [-0.2, 0) is 9.53 Å². The SMILES string of the molecule is C/C=C\C=C(/CNC(C)=O)O/C(C)=C/C(=C\C)Oc1cccc(NC(=O)c2ccccc2)c1.CC. The second-order valence-electron chi connectivity index (χ2n) is 7.07. The first-order valence-electron chi connectivity index (χ1n) is 11.6. The van der Waals surface area contributed by atoms with Crippen molar-refractivity contribution in [3.8, 4) is 5.75 Å². The molecule has 0 fully saturated rings.